The summed E-state index contributed by atoms with van der Waals surface area (Å²) in [6, 6.07) is 0. The van der Waals surface area contributed by atoms with Gasteiger partial charge in [-0.25, -0.2) is 0 Å². The van der Waals surface area contributed by atoms with E-state index in [1.807, 2.05) is 19.1 Å². The molecule has 0 aliphatic carbocycles. The van der Waals surface area contributed by atoms with Crippen LogP contribution in [0.3, 0.4) is 0 Å². The van der Waals surface area contributed by atoms with Crippen molar-refractivity contribution in [2.45, 2.75) is 6.92 Å². The van der Waals surface area contributed by atoms with Gasteiger partial charge in [-0.2, -0.15) is 0 Å². The highest BCUT2D eigenvalue weighted by molar-refractivity contribution is 5.23. The van der Waals surface area contributed by atoms with Crippen LogP contribution >= 0.6 is 0 Å². The number of methoxy groups -OCH3 is 1. The molecular formula is C8H13NO. The summed E-state index contributed by atoms with van der Waals surface area (Å²) in [6.45, 7) is 5.45. The molecule has 2 N–H and O–H groups in total. The van der Waals surface area contributed by atoms with Gasteiger partial charge in [0.15, 0.2) is 0 Å². The number of hydrogen-bond acceptors (Lipinski definition) is 2. The van der Waals surface area contributed by atoms with Crippen LogP contribution in [0.25, 0.3) is 0 Å². The number of allylic oxidation sites excluding steroid dienone is 3. The third kappa shape index (κ3) is 2.97. The van der Waals surface area contributed by atoms with Crippen molar-refractivity contribution in [1.29, 1.82) is 0 Å². The highest BCUT2D eigenvalue weighted by Crippen LogP contribution is 2.01. The van der Waals surface area contributed by atoms with Crippen LogP contribution in [-0.4, -0.2) is 7.11 Å². The molecule has 2 nitrogen and oxygen atoms in total. The summed E-state index contributed by atoms with van der Waals surface area (Å²) in [6.07, 6.45) is 5.50. The molecule has 0 atom stereocenters. The van der Waals surface area contributed by atoms with E-state index in [9.17, 15) is 0 Å². The molecule has 0 heterocycles. The van der Waals surface area contributed by atoms with E-state index in [1.54, 1.807) is 13.2 Å². The van der Waals surface area contributed by atoms with Crippen LogP contribution < -0.4 is 5.73 Å². The molecule has 0 aromatic carbocycles. The molecule has 0 unspecified atom stereocenters. The lowest BCUT2D eigenvalue weighted by Gasteiger charge is -2.01. The number of ether oxygens (including phenoxy) is 1. The fourth-order valence-corrected chi connectivity index (χ4v) is 0.490. The van der Waals surface area contributed by atoms with E-state index >= 15 is 0 Å². The molecule has 10 heavy (non-hydrogen) atoms. The predicted molar refractivity (Wildman–Crippen MR) is 43.2 cm³/mol. The van der Waals surface area contributed by atoms with Gasteiger partial charge in [-0.15, -0.1) is 0 Å². The molecule has 0 saturated carbocycles. The minimum Gasteiger partial charge on any atom is -0.495 e. The van der Waals surface area contributed by atoms with Crippen LogP contribution in [0.1, 0.15) is 6.92 Å². The smallest absolute Gasteiger partial charge is 0.141 e. The Morgan fingerprint density at radius 1 is 1.60 bits per heavy atom. The Morgan fingerprint density at radius 3 is 2.50 bits per heavy atom. The number of hydrogen-bond donors (Lipinski definition) is 1. The quantitative estimate of drug-likeness (QED) is 0.475. The second-order valence-corrected chi connectivity index (χ2v) is 1.79. The van der Waals surface area contributed by atoms with Gasteiger partial charge in [-0.3, -0.25) is 0 Å². The van der Waals surface area contributed by atoms with Gasteiger partial charge in [-0.05, 0) is 13.0 Å². The SMILES string of the molecule is C=C(N)/C(=C\C=C/C)OC. The normalized spacial score (nSPS) is 12.0. The van der Waals surface area contributed by atoms with Crippen molar-refractivity contribution >= 4 is 0 Å². The zero-order valence-corrected chi connectivity index (χ0v) is 6.42. The lowest BCUT2D eigenvalue weighted by Crippen LogP contribution is -2.00. The maximum atomic E-state index is 5.37. The Labute approximate surface area is 61.7 Å². The summed E-state index contributed by atoms with van der Waals surface area (Å²) in [5, 5.41) is 0. The molecule has 0 aromatic heterocycles. The molecule has 0 aliphatic rings. The molecule has 0 bridgehead atoms. The Hall–Kier alpha value is -1.18. The first-order valence-electron chi connectivity index (χ1n) is 3.04. The summed E-state index contributed by atoms with van der Waals surface area (Å²) < 4.78 is 4.90. The second kappa shape index (κ2) is 4.68. The van der Waals surface area contributed by atoms with E-state index in [0.717, 1.165) is 0 Å². The molecular weight excluding hydrogens is 126 g/mol. The Morgan fingerprint density at radius 2 is 2.20 bits per heavy atom. The highest BCUT2D eigenvalue weighted by Gasteiger charge is 1.92. The Kier molecular flexibility index (Phi) is 4.12. The first kappa shape index (κ1) is 8.82. The lowest BCUT2D eigenvalue weighted by atomic mass is 10.3. The van der Waals surface area contributed by atoms with Crippen LogP contribution in [0, 0.1) is 0 Å². The summed E-state index contributed by atoms with van der Waals surface area (Å²) in [5.74, 6) is 0.609. The van der Waals surface area contributed by atoms with E-state index in [-0.39, 0.29) is 0 Å². The van der Waals surface area contributed by atoms with E-state index in [2.05, 4.69) is 6.58 Å². The van der Waals surface area contributed by atoms with E-state index < -0.39 is 0 Å². The van der Waals surface area contributed by atoms with Gasteiger partial charge in [0.1, 0.15) is 5.76 Å². The first-order valence-corrected chi connectivity index (χ1v) is 3.04. The monoisotopic (exact) mass is 139 g/mol. The van der Waals surface area contributed by atoms with Crippen LogP contribution in [0.15, 0.2) is 36.3 Å². The van der Waals surface area contributed by atoms with Crippen molar-refractivity contribution in [2.24, 2.45) is 5.73 Å². The minimum atomic E-state index is 0.445. The maximum absolute atomic E-state index is 5.37. The average molecular weight is 139 g/mol. The van der Waals surface area contributed by atoms with E-state index in [4.69, 9.17) is 10.5 Å². The molecule has 0 rings (SSSR count). The average Bonchev–Trinajstić information content (AvgIpc) is 1.89. The van der Waals surface area contributed by atoms with Crippen molar-refractivity contribution in [1.82, 2.24) is 0 Å². The molecule has 0 fully saturated rings. The largest absolute Gasteiger partial charge is 0.495 e. The molecule has 2 heteroatoms. The van der Waals surface area contributed by atoms with Crippen molar-refractivity contribution in [2.75, 3.05) is 7.11 Å². The van der Waals surface area contributed by atoms with Crippen molar-refractivity contribution in [3.8, 4) is 0 Å². The third-order valence-corrected chi connectivity index (χ3v) is 0.976. The summed E-state index contributed by atoms with van der Waals surface area (Å²) in [7, 11) is 1.56. The van der Waals surface area contributed by atoms with Crippen molar-refractivity contribution < 1.29 is 4.74 Å². The second-order valence-electron chi connectivity index (χ2n) is 1.79. The predicted octanol–water partition coefficient (Wildman–Crippen LogP) is 1.57. The maximum Gasteiger partial charge on any atom is 0.141 e. The van der Waals surface area contributed by atoms with Gasteiger partial charge in [0.2, 0.25) is 0 Å². The van der Waals surface area contributed by atoms with Gasteiger partial charge < -0.3 is 10.5 Å². The van der Waals surface area contributed by atoms with Crippen LogP contribution in [0.4, 0.5) is 0 Å². The third-order valence-electron chi connectivity index (χ3n) is 0.976. The van der Waals surface area contributed by atoms with E-state index in [0.29, 0.717) is 11.5 Å². The van der Waals surface area contributed by atoms with Gasteiger partial charge >= 0.3 is 0 Å². The molecule has 0 amide bonds. The number of rotatable bonds is 3. The van der Waals surface area contributed by atoms with Crippen LogP contribution in [-0.2, 0) is 4.74 Å². The topological polar surface area (TPSA) is 35.2 Å². The molecule has 0 aromatic rings. The summed E-state index contributed by atoms with van der Waals surface area (Å²) in [5.41, 5.74) is 5.81. The molecule has 0 saturated heterocycles. The zero-order valence-electron chi connectivity index (χ0n) is 6.42. The molecule has 56 valence electrons. The van der Waals surface area contributed by atoms with Crippen molar-refractivity contribution in [3.63, 3.8) is 0 Å². The standard InChI is InChI=1S/C8H13NO/c1-4-5-6-8(10-3)7(2)9/h4-6H,2,9H2,1,3H3/b5-4-,8-6+. The van der Waals surface area contributed by atoms with Gasteiger partial charge in [0, 0.05) is 0 Å². The summed E-state index contributed by atoms with van der Waals surface area (Å²) >= 11 is 0. The summed E-state index contributed by atoms with van der Waals surface area (Å²) in [4.78, 5) is 0. The molecule has 0 aliphatic heterocycles. The molecule has 0 spiro atoms. The van der Waals surface area contributed by atoms with Crippen LogP contribution in [0.5, 0.6) is 0 Å². The van der Waals surface area contributed by atoms with Gasteiger partial charge in [0.05, 0.1) is 12.8 Å². The highest BCUT2D eigenvalue weighted by atomic mass is 16.5. The molecule has 0 radical (unpaired) electrons. The zero-order chi connectivity index (χ0) is 7.98. The fourth-order valence-electron chi connectivity index (χ4n) is 0.490. The number of nitrogens with two attached hydrogens (primary N) is 1. The van der Waals surface area contributed by atoms with Gasteiger partial charge in [0.25, 0.3) is 0 Å². The lowest BCUT2D eigenvalue weighted by molar-refractivity contribution is 0.300. The van der Waals surface area contributed by atoms with E-state index in [1.165, 1.54) is 0 Å². The van der Waals surface area contributed by atoms with Gasteiger partial charge in [-0.1, -0.05) is 18.7 Å². The Bertz CT molecular complexity index is 168. The van der Waals surface area contributed by atoms with Crippen LogP contribution in [0.2, 0.25) is 0 Å². The minimum absolute atomic E-state index is 0.445. The first-order chi connectivity index (χ1) is 4.72. The Balaban J connectivity index is 4.18. The van der Waals surface area contributed by atoms with Crippen molar-refractivity contribution in [3.05, 3.63) is 36.3 Å². The fraction of sp³-hybridized carbons (Fsp3) is 0.250.